The van der Waals surface area contributed by atoms with Crippen molar-refractivity contribution in [2.75, 3.05) is 5.73 Å². The number of anilines is 1. The number of nitrogen functional groups attached to an aromatic ring is 1. The van der Waals surface area contributed by atoms with Crippen LogP contribution in [0.15, 0.2) is 12.4 Å². The molecular weight excluding hydrogens is 192 g/mol. The van der Waals surface area contributed by atoms with E-state index in [2.05, 4.69) is 20.5 Å². The van der Waals surface area contributed by atoms with E-state index in [1.807, 2.05) is 10.9 Å². The summed E-state index contributed by atoms with van der Waals surface area (Å²) in [7, 11) is 0. The van der Waals surface area contributed by atoms with Gasteiger partial charge >= 0.3 is 0 Å². The summed E-state index contributed by atoms with van der Waals surface area (Å²) in [6, 6.07) is 0. The molecule has 0 saturated heterocycles. The Kier molecular flexibility index (Phi) is 1.74. The van der Waals surface area contributed by atoms with E-state index >= 15 is 0 Å². The number of aromatic amines is 1. The smallest absolute Gasteiger partial charge is 0.132 e. The number of rotatable bonds is 3. The monoisotopic (exact) mass is 204 g/mol. The van der Waals surface area contributed by atoms with Crippen molar-refractivity contribution in [3.8, 4) is 11.4 Å². The summed E-state index contributed by atoms with van der Waals surface area (Å²) in [4.78, 5) is 0. The summed E-state index contributed by atoms with van der Waals surface area (Å²) in [5, 5.41) is 14.8. The van der Waals surface area contributed by atoms with E-state index in [9.17, 15) is 0 Å². The number of H-pyrrole nitrogens is 1. The van der Waals surface area contributed by atoms with E-state index in [0.717, 1.165) is 23.9 Å². The van der Waals surface area contributed by atoms with Crippen molar-refractivity contribution in [2.24, 2.45) is 5.92 Å². The average molecular weight is 204 g/mol. The zero-order valence-corrected chi connectivity index (χ0v) is 8.22. The Hall–Kier alpha value is -1.85. The van der Waals surface area contributed by atoms with Gasteiger partial charge in [0.15, 0.2) is 0 Å². The summed E-state index contributed by atoms with van der Waals surface area (Å²) in [6.45, 7) is 0.959. The highest BCUT2D eigenvalue weighted by molar-refractivity contribution is 5.67. The lowest BCUT2D eigenvalue weighted by Crippen LogP contribution is -1.99. The average Bonchev–Trinajstić information content (AvgIpc) is 2.74. The Balaban J connectivity index is 1.86. The molecule has 2 heterocycles. The van der Waals surface area contributed by atoms with Crippen molar-refractivity contribution in [3.05, 3.63) is 12.4 Å². The van der Waals surface area contributed by atoms with Crippen LogP contribution >= 0.6 is 0 Å². The second kappa shape index (κ2) is 3.08. The molecule has 0 amide bonds. The van der Waals surface area contributed by atoms with E-state index in [4.69, 9.17) is 5.73 Å². The van der Waals surface area contributed by atoms with Crippen LogP contribution in [0.4, 0.5) is 5.69 Å². The fourth-order valence-corrected chi connectivity index (χ4v) is 1.57. The summed E-state index contributed by atoms with van der Waals surface area (Å²) in [6.07, 6.45) is 6.10. The first kappa shape index (κ1) is 8.46. The molecule has 6 heteroatoms. The van der Waals surface area contributed by atoms with E-state index in [-0.39, 0.29) is 0 Å². The number of hydrogen-bond acceptors (Lipinski definition) is 4. The van der Waals surface area contributed by atoms with E-state index in [0.29, 0.717) is 5.69 Å². The fraction of sp³-hybridized carbons (Fsp3) is 0.444. The van der Waals surface area contributed by atoms with Gasteiger partial charge in [0.2, 0.25) is 0 Å². The first-order valence-electron chi connectivity index (χ1n) is 5.02. The molecule has 2 aromatic heterocycles. The predicted octanol–water partition coefficient (Wildman–Crippen LogP) is 0.660. The molecular formula is C9H12N6. The van der Waals surface area contributed by atoms with Crippen LogP contribution in [-0.4, -0.2) is 25.2 Å². The first-order valence-corrected chi connectivity index (χ1v) is 5.02. The Morgan fingerprint density at radius 3 is 3.07 bits per heavy atom. The maximum absolute atomic E-state index is 5.72. The van der Waals surface area contributed by atoms with Crippen LogP contribution in [0.25, 0.3) is 11.4 Å². The molecule has 6 nitrogen and oxygen atoms in total. The first-order chi connectivity index (χ1) is 7.33. The minimum Gasteiger partial charge on any atom is -0.396 e. The molecule has 0 atom stereocenters. The van der Waals surface area contributed by atoms with Crippen LogP contribution in [0.3, 0.4) is 0 Å². The molecule has 0 unspecified atom stereocenters. The Bertz CT molecular complexity index is 466. The van der Waals surface area contributed by atoms with Crippen molar-refractivity contribution in [2.45, 2.75) is 19.4 Å². The Morgan fingerprint density at radius 1 is 1.53 bits per heavy atom. The number of hydrogen-bond donors (Lipinski definition) is 2. The SMILES string of the molecule is Nc1cn[nH]c1-c1cn(CC2CC2)nn1. The third-order valence-electron chi connectivity index (χ3n) is 2.61. The molecule has 0 aliphatic heterocycles. The molecule has 78 valence electrons. The van der Waals surface area contributed by atoms with Crippen LogP contribution in [0.2, 0.25) is 0 Å². The molecule has 0 bridgehead atoms. The predicted molar refractivity (Wildman–Crippen MR) is 54.7 cm³/mol. The lowest BCUT2D eigenvalue weighted by atomic mass is 10.3. The van der Waals surface area contributed by atoms with Gasteiger partial charge in [0.05, 0.1) is 18.1 Å². The van der Waals surface area contributed by atoms with Crippen LogP contribution < -0.4 is 5.73 Å². The standard InChI is InChI=1S/C9H12N6/c10-7-3-11-13-9(7)8-5-15(14-12-8)4-6-1-2-6/h3,5-6H,1-2,4,10H2,(H,11,13). The van der Waals surface area contributed by atoms with Gasteiger partial charge in [-0.15, -0.1) is 5.10 Å². The lowest BCUT2D eigenvalue weighted by molar-refractivity contribution is 0.544. The van der Waals surface area contributed by atoms with Crippen LogP contribution in [-0.2, 0) is 6.54 Å². The van der Waals surface area contributed by atoms with E-state index in [1.54, 1.807) is 6.20 Å². The molecule has 1 saturated carbocycles. The van der Waals surface area contributed by atoms with Crippen LogP contribution in [0, 0.1) is 5.92 Å². The number of nitrogens with one attached hydrogen (secondary N) is 1. The van der Waals surface area contributed by atoms with Crippen molar-refractivity contribution < 1.29 is 0 Å². The largest absolute Gasteiger partial charge is 0.396 e. The van der Waals surface area contributed by atoms with Gasteiger partial charge in [-0.25, -0.2) is 0 Å². The summed E-state index contributed by atoms with van der Waals surface area (Å²) >= 11 is 0. The third-order valence-corrected chi connectivity index (χ3v) is 2.61. The van der Waals surface area contributed by atoms with Gasteiger partial charge in [-0.1, -0.05) is 5.21 Å². The molecule has 1 aliphatic rings. The maximum atomic E-state index is 5.72. The maximum Gasteiger partial charge on any atom is 0.132 e. The summed E-state index contributed by atoms with van der Waals surface area (Å²) < 4.78 is 1.87. The summed E-state index contributed by atoms with van der Waals surface area (Å²) in [5.74, 6) is 0.790. The van der Waals surface area contributed by atoms with Crippen molar-refractivity contribution in [1.82, 2.24) is 25.2 Å². The third kappa shape index (κ3) is 1.58. The second-order valence-electron chi connectivity index (χ2n) is 3.97. The number of nitrogens with two attached hydrogens (primary N) is 1. The Morgan fingerprint density at radius 2 is 2.40 bits per heavy atom. The molecule has 3 N–H and O–H groups in total. The molecule has 15 heavy (non-hydrogen) atoms. The van der Waals surface area contributed by atoms with Crippen molar-refractivity contribution >= 4 is 5.69 Å². The molecule has 1 aliphatic carbocycles. The molecule has 0 aromatic carbocycles. The van der Waals surface area contributed by atoms with Crippen LogP contribution in [0.1, 0.15) is 12.8 Å². The van der Waals surface area contributed by atoms with Gasteiger partial charge in [0.1, 0.15) is 11.4 Å². The molecule has 2 aromatic rings. The van der Waals surface area contributed by atoms with Gasteiger partial charge in [0, 0.05) is 6.54 Å². The van der Waals surface area contributed by atoms with Crippen molar-refractivity contribution in [1.29, 1.82) is 0 Å². The normalized spacial score (nSPS) is 15.7. The second-order valence-corrected chi connectivity index (χ2v) is 3.97. The van der Waals surface area contributed by atoms with E-state index in [1.165, 1.54) is 12.8 Å². The van der Waals surface area contributed by atoms with Crippen molar-refractivity contribution in [3.63, 3.8) is 0 Å². The van der Waals surface area contributed by atoms with Gasteiger partial charge in [-0.05, 0) is 18.8 Å². The molecule has 3 rings (SSSR count). The highest BCUT2D eigenvalue weighted by Crippen LogP contribution is 2.30. The quantitative estimate of drug-likeness (QED) is 0.769. The van der Waals surface area contributed by atoms with Gasteiger partial charge < -0.3 is 5.73 Å². The minimum atomic E-state index is 0.605. The van der Waals surface area contributed by atoms with Crippen LogP contribution in [0.5, 0.6) is 0 Å². The molecule has 1 fully saturated rings. The topological polar surface area (TPSA) is 85.4 Å². The van der Waals surface area contributed by atoms with E-state index < -0.39 is 0 Å². The minimum absolute atomic E-state index is 0.605. The highest BCUT2D eigenvalue weighted by atomic mass is 15.4. The molecule has 0 radical (unpaired) electrons. The van der Waals surface area contributed by atoms with Gasteiger partial charge in [-0.3, -0.25) is 9.78 Å². The number of nitrogens with zero attached hydrogens (tertiary/aromatic N) is 4. The molecule has 0 spiro atoms. The highest BCUT2D eigenvalue weighted by Gasteiger charge is 2.22. The zero-order chi connectivity index (χ0) is 10.3. The van der Waals surface area contributed by atoms with Gasteiger partial charge in [0.25, 0.3) is 0 Å². The zero-order valence-electron chi connectivity index (χ0n) is 8.22. The van der Waals surface area contributed by atoms with Gasteiger partial charge in [-0.2, -0.15) is 5.10 Å². The fourth-order valence-electron chi connectivity index (χ4n) is 1.57. The Labute approximate surface area is 86.5 Å². The summed E-state index contributed by atoms with van der Waals surface area (Å²) in [5.41, 5.74) is 7.83. The number of aromatic nitrogens is 5. The lowest BCUT2D eigenvalue weighted by Gasteiger charge is -1.94.